The molecule has 0 aliphatic rings. The molecule has 81 valence electrons. The van der Waals surface area contributed by atoms with Crippen molar-refractivity contribution in [2.24, 2.45) is 0 Å². The second-order valence-corrected chi connectivity index (χ2v) is 4.39. The predicted octanol–water partition coefficient (Wildman–Crippen LogP) is 2.47. The maximum absolute atomic E-state index is 10.3. The number of carbonyl (C=O) groups excluding carboxylic acids is 1. The molecule has 1 radical (unpaired) electrons. The van der Waals surface area contributed by atoms with E-state index in [0.717, 1.165) is 5.56 Å². The molecule has 15 heavy (non-hydrogen) atoms. The highest BCUT2D eigenvalue weighted by Gasteiger charge is 2.15. The number of amides is 1. The lowest BCUT2D eigenvalue weighted by Gasteiger charge is -2.20. The van der Waals surface area contributed by atoms with Crippen molar-refractivity contribution >= 4 is 12.1 Å². The van der Waals surface area contributed by atoms with Crippen LogP contribution in [-0.4, -0.2) is 13.5 Å². The lowest BCUT2D eigenvalue weighted by Crippen LogP contribution is -2.11. The van der Waals surface area contributed by atoms with Crippen molar-refractivity contribution in [1.82, 2.24) is 0 Å². The first-order valence-corrected chi connectivity index (χ1v) is 4.80. The quantitative estimate of drug-likeness (QED) is 0.771. The van der Waals surface area contributed by atoms with Crippen molar-refractivity contribution in [1.29, 1.82) is 0 Å². The summed E-state index contributed by atoms with van der Waals surface area (Å²) in [6.45, 7) is 6.34. The van der Waals surface area contributed by atoms with Gasteiger partial charge in [-0.25, -0.2) is 0 Å². The van der Waals surface area contributed by atoms with E-state index in [9.17, 15) is 4.79 Å². The molecule has 0 aliphatic carbocycles. The van der Waals surface area contributed by atoms with Crippen LogP contribution in [0.15, 0.2) is 18.2 Å². The summed E-state index contributed by atoms with van der Waals surface area (Å²) < 4.78 is 5.12. The third-order valence-corrected chi connectivity index (χ3v) is 2.25. The maximum Gasteiger partial charge on any atom is 0.314 e. The lowest BCUT2D eigenvalue weighted by atomic mass is 9.87. The molecule has 0 saturated heterocycles. The van der Waals surface area contributed by atoms with Crippen LogP contribution >= 0.6 is 0 Å². The second kappa shape index (κ2) is 4.34. The van der Waals surface area contributed by atoms with Crippen LogP contribution in [0.4, 0.5) is 5.69 Å². The van der Waals surface area contributed by atoms with E-state index in [1.54, 1.807) is 13.5 Å². The normalized spacial score (nSPS) is 10.9. The Morgan fingerprint density at radius 2 is 2.00 bits per heavy atom. The molecule has 3 nitrogen and oxygen atoms in total. The van der Waals surface area contributed by atoms with Crippen molar-refractivity contribution < 1.29 is 9.53 Å². The summed E-state index contributed by atoms with van der Waals surface area (Å²) in [7, 11) is 1.57. The summed E-state index contributed by atoms with van der Waals surface area (Å²) in [5.41, 5.74) is 1.84. The van der Waals surface area contributed by atoms with Gasteiger partial charge in [0, 0.05) is 0 Å². The Kier molecular flexibility index (Phi) is 3.35. The molecular weight excluding hydrogens is 190 g/mol. The third-order valence-electron chi connectivity index (χ3n) is 2.25. The Hall–Kier alpha value is -1.51. The largest absolute Gasteiger partial charge is 0.495 e. The number of ether oxygens (including phenoxy) is 1. The SMILES string of the molecule is COc1ccc(C(C)(C)C)cc1N[C]=O. The van der Waals surface area contributed by atoms with Crippen LogP contribution in [0.2, 0.25) is 0 Å². The van der Waals surface area contributed by atoms with Crippen molar-refractivity contribution in [3.8, 4) is 5.75 Å². The van der Waals surface area contributed by atoms with Gasteiger partial charge in [-0.15, -0.1) is 0 Å². The molecule has 1 aromatic rings. The van der Waals surface area contributed by atoms with E-state index in [4.69, 9.17) is 4.74 Å². The number of hydrogen-bond donors (Lipinski definition) is 1. The predicted molar refractivity (Wildman–Crippen MR) is 61.0 cm³/mol. The Morgan fingerprint density at radius 3 is 2.47 bits per heavy atom. The molecular formula is C12H16NO2. The van der Waals surface area contributed by atoms with Crippen molar-refractivity contribution in [2.75, 3.05) is 12.4 Å². The summed E-state index contributed by atoms with van der Waals surface area (Å²) in [4.78, 5) is 10.3. The summed E-state index contributed by atoms with van der Waals surface area (Å²) in [6.07, 6.45) is 1.66. The monoisotopic (exact) mass is 206 g/mol. The topological polar surface area (TPSA) is 38.3 Å². The van der Waals surface area contributed by atoms with Crippen LogP contribution in [-0.2, 0) is 10.2 Å². The fraction of sp³-hybridized carbons (Fsp3) is 0.417. The summed E-state index contributed by atoms with van der Waals surface area (Å²) >= 11 is 0. The first kappa shape index (κ1) is 11.6. The maximum atomic E-state index is 10.3. The number of anilines is 1. The van der Waals surface area contributed by atoms with Crippen LogP contribution in [0.3, 0.4) is 0 Å². The molecule has 0 heterocycles. The minimum atomic E-state index is 0.0472. The van der Waals surface area contributed by atoms with Gasteiger partial charge < -0.3 is 10.1 Å². The van der Waals surface area contributed by atoms with Gasteiger partial charge in [-0.05, 0) is 23.1 Å². The highest BCUT2D eigenvalue weighted by Crippen LogP contribution is 2.30. The van der Waals surface area contributed by atoms with Gasteiger partial charge in [-0.1, -0.05) is 26.8 Å². The first-order chi connectivity index (χ1) is 6.99. The molecule has 0 aromatic heterocycles. The lowest BCUT2D eigenvalue weighted by molar-refractivity contribution is 0.416. The van der Waals surface area contributed by atoms with Crippen LogP contribution in [0, 0.1) is 0 Å². The van der Waals surface area contributed by atoms with Gasteiger partial charge in [0.25, 0.3) is 0 Å². The van der Waals surface area contributed by atoms with Crippen LogP contribution in [0.25, 0.3) is 0 Å². The minimum absolute atomic E-state index is 0.0472. The van der Waals surface area contributed by atoms with Crippen molar-refractivity contribution in [2.45, 2.75) is 26.2 Å². The van der Waals surface area contributed by atoms with Crippen molar-refractivity contribution in [3.63, 3.8) is 0 Å². The van der Waals surface area contributed by atoms with Gasteiger partial charge in [-0.3, -0.25) is 4.79 Å². The van der Waals surface area contributed by atoms with E-state index in [1.165, 1.54) is 0 Å². The zero-order chi connectivity index (χ0) is 11.5. The van der Waals surface area contributed by atoms with Gasteiger partial charge in [0.05, 0.1) is 12.8 Å². The van der Waals surface area contributed by atoms with E-state index in [0.29, 0.717) is 11.4 Å². The summed E-state index contributed by atoms with van der Waals surface area (Å²) in [5.74, 6) is 0.645. The average molecular weight is 206 g/mol. The highest BCUT2D eigenvalue weighted by molar-refractivity contribution is 5.76. The Morgan fingerprint density at radius 1 is 1.33 bits per heavy atom. The van der Waals surface area contributed by atoms with Gasteiger partial charge in [-0.2, -0.15) is 0 Å². The number of methoxy groups -OCH3 is 1. The van der Waals surface area contributed by atoms with Gasteiger partial charge >= 0.3 is 6.41 Å². The zero-order valence-corrected chi connectivity index (χ0v) is 9.55. The zero-order valence-electron chi connectivity index (χ0n) is 9.55. The smallest absolute Gasteiger partial charge is 0.314 e. The van der Waals surface area contributed by atoms with Crippen LogP contribution in [0.5, 0.6) is 5.75 Å². The van der Waals surface area contributed by atoms with E-state index >= 15 is 0 Å². The Balaban J connectivity index is 3.15. The van der Waals surface area contributed by atoms with E-state index in [1.807, 2.05) is 18.2 Å². The molecule has 1 rings (SSSR count). The molecule has 0 unspecified atom stereocenters. The third kappa shape index (κ3) is 2.72. The first-order valence-electron chi connectivity index (χ1n) is 4.80. The fourth-order valence-corrected chi connectivity index (χ4v) is 1.33. The molecule has 0 fully saturated rings. The van der Waals surface area contributed by atoms with Crippen molar-refractivity contribution in [3.05, 3.63) is 23.8 Å². The molecule has 0 aliphatic heterocycles. The van der Waals surface area contributed by atoms with Gasteiger partial charge in [0.2, 0.25) is 0 Å². The molecule has 0 spiro atoms. The second-order valence-electron chi connectivity index (χ2n) is 4.39. The average Bonchev–Trinajstić information content (AvgIpc) is 2.17. The van der Waals surface area contributed by atoms with E-state index < -0.39 is 0 Å². The van der Waals surface area contributed by atoms with Gasteiger partial charge in [0.1, 0.15) is 5.75 Å². The molecule has 0 atom stereocenters. The molecule has 1 amide bonds. The molecule has 0 saturated carbocycles. The summed E-state index contributed by atoms with van der Waals surface area (Å²) in [6, 6.07) is 5.75. The molecule has 0 bridgehead atoms. The highest BCUT2D eigenvalue weighted by atomic mass is 16.5. The number of hydrogen-bond acceptors (Lipinski definition) is 2. The van der Waals surface area contributed by atoms with Crippen LogP contribution < -0.4 is 10.1 Å². The fourth-order valence-electron chi connectivity index (χ4n) is 1.33. The summed E-state index contributed by atoms with van der Waals surface area (Å²) in [5, 5.41) is 2.51. The Labute approximate surface area is 90.4 Å². The van der Waals surface area contributed by atoms with Gasteiger partial charge in [0.15, 0.2) is 0 Å². The van der Waals surface area contributed by atoms with Crippen LogP contribution in [0.1, 0.15) is 26.3 Å². The Bertz CT molecular complexity index is 353. The molecule has 3 heteroatoms. The number of nitrogens with one attached hydrogen (secondary N) is 1. The number of benzene rings is 1. The minimum Gasteiger partial charge on any atom is -0.495 e. The molecule has 1 aromatic carbocycles. The number of rotatable bonds is 3. The molecule has 1 N–H and O–H groups in total. The van der Waals surface area contributed by atoms with E-state index in [-0.39, 0.29) is 5.41 Å². The van der Waals surface area contributed by atoms with E-state index in [2.05, 4.69) is 26.1 Å². The standard InChI is InChI=1S/C12H16NO2/c1-12(2,3)9-5-6-11(15-4)10(7-9)13-8-14/h5-7H,1-4H3,(H,13,14).